The summed E-state index contributed by atoms with van der Waals surface area (Å²) in [4.78, 5) is 14.5. The normalized spacial score (nSPS) is 22.5. The Hall–Kier alpha value is -1.20. The van der Waals surface area contributed by atoms with Crippen molar-refractivity contribution in [1.29, 1.82) is 0 Å². The van der Waals surface area contributed by atoms with Crippen LogP contribution in [0.1, 0.15) is 30.4 Å². The van der Waals surface area contributed by atoms with Crippen molar-refractivity contribution in [2.24, 2.45) is 0 Å². The highest BCUT2D eigenvalue weighted by Crippen LogP contribution is 2.33. The van der Waals surface area contributed by atoms with Crippen LogP contribution in [0.5, 0.6) is 0 Å². The number of likely N-dealkylation sites (N-methyl/N-ethyl adjacent to an activating group) is 1. The van der Waals surface area contributed by atoms with Gasteiger partial charge >= 0.3 is 6.03 Å². The standard InChI is InChI=1S/C19H28N2O2S/c1-21(17-8-7-15-5-3-4-6-16(15)13-17)18(22)20-14-19(24-2)9-11-23-12-10-19/h3-6,17H,7-14H2,1-2H3,(H,20,22)/t17-/m1/s1. The smallest absolute Gasteiger partial charge is 0.317 e. The minimum atomic E-state index is 0.0549. The molecule has 0 unspecified atom stereocenters. The molecule has 1 aliphatic heterocycles. The number of aryl methyl sites for hydroxylation is 1. The maximum absolute atomic E-state index is 12.6. The number of benzene rings is 1. The Kier molecular flexibility index (Phi) is 5.72. The van der Waals surface area contributed by atoms with Crippen LogP contribution in [0.15, 0.2) is 24.3 Å². The molecular weight excluding hydrogens is 320 g/mol. The zero-order valence-electron chi connectivity index (χ0n) is 14.7. The summed E-state index contributed by atoms with van der Waals surface area (Å²) in [6.07, 6.45) is 7.22. The molecular formula is C19H28N2O2S. The highest BCUT2D eigenvalue weighted by Gasteiger charge is 2.33. The Morgan fingerprint density at radius 1 is 1.33 bits per heavy atom. The van der Waals surface area contributed by atoms with E-state index in [0.717, 1.165) is 51.9 Å². The van der Waals surface area contributed by atoms with E-state index >= 15 is 0 Å². The number of rotatable bonds is 4. The van der Waals surface area contributed by atoms with Crippen LogP contribution in [0.25, 0.3) is 0 Å². The first-order valence-corrected chi connectivity index (χ1v) is 10.1. The molecule has 24 heavy (non-hydrogen) atoms. The summed E-state index contributed by atoms with van der Waals surface area (Å²) < 4.78 is 5.61. The van der Waals surface area contributed by atoms with E-state index in [0.29, 0.717) is 6.04 Å². The lowest BCUT2D eigenvalue weighted by Gasteiger charge is -2.37. The van der Waals surface area contributed by atoms with Crippen LogP contribution in [0.4, 0.5) is 4.79 Å². The van der Waals surface area contributed by atoms with Gasteiger partial charge in [-0.1, -0.05) is 24.3 Å². The zero-order chi connectivity index (χ0) is 17.0. The molecule has 0 aromatic heterocycles. The van der Waals surface area contributed by atoms with Crippen molar-refractivity contribution >= 4 is 17.8 Å². The van der Waals surface area contributed by atoms with Crippen LogP contribution in [0, 0.1) is 0 Å². The molecule has 0 bridgehead atoms. The minimum Gasteiger partial charge on any atom is -0.381 e. The average Bonchev–Trinajstić information content (AvgIpc) is 2.66. The fraction of sp³-hybridized carbons (Fsp3) is 0.632. The van der Waals surface area contributed by atoms with Crippen molar-refractivity contribution < 1.29 is 9.53 Å². The van der Waals surface area contributed by atoms with Crippen LogP contribution in [-0.2, 0) is 17.6 Å². The number of nitrogens with zero attached hydrogens (tertiary/aromatic N) is 1. The molecule has 1 saturated heterocycles. The quantitative estimate of drug-likeness (QED) is 0.909. The average molecular weight is 349 g/mol. The predicted molar refractivity (Wildman–Crippen MR) is 99.7 cm³/mol. The van der Waals surface area contributed by atoms with Crippen molar-refractivity contribution in [1.82, 2.24) is 10.2 Å². The lowest BCUT2D eigenvalue weighted by Crippen LogP contribution is -2.50. The van der Waals surface area contributed by atoms with E-state index in [-0.39, 0.29) is 10.8 Å². The summed E-state index contributed by atoms with van der Waals surface area (Å²) in [6.45, 7) is 2.32. The monoisotopic (exact) mass is 348 g/mol. The molecule has 3 rings (SSSR count). The van der Waals surface area contributed by atoms with Gasteiger partial charge in [-0.25, -0.2) is 4.79 Å². The first-order chi connectivity index (χ1) is 11.6. The number of nitrogens with one attached hydrogen (secondary N) is 1. The molecule has 2 amide bonds. The molecule has 132 valence electrons. The van der Waals surface area contributed by atoms with E-state index in [1.165, 1.54) is 11.1 Å². The predicted octanol–water partition coefficient (Wildman–Crippen LogP) is 3.10. The molecule has 1 fully saturated rings. The minimum absolute atomic E-state index is 0.0549. The Balaban J connectivity index is 1.55. The fourth-order valence-electron chi connectivity index (χ4n) is 3.73. The number of amides is 2. The molecule has 0 radical (unpaired) electrons. The van der Waals surface area contributed by atoms with Gasteiger partial charge in [-0.2, -0.15) is 11.8 Å². The van der Waals surface area contributed by atoms with Crippen molar-refractivity contribution in [2.45, 2.75) is 42.9 Å². The van der Waals surface area contributed by atoms with E-state index in [1.54, 1.807) is 0 Å². The largest absolute Gasteiger partial charge is 0.381 e. The number of carbonyl (C=O) groups excluding carboxylic acids is 1. The molecule has 4 nitrogen and oxygen atoms in total. The number of urea groups is 1. The van der Waals surface area contributed by atoms with Gasteiger partial charge in [0.1, 0.15) is 0 Å². The topological polar surface area (TPSA) is 41.6 Å². The second kappa shape index (κ2) is 7.79. The van der Waals surface area contributed by atoms with Gasteiger partial charge in [-0.05, 0) is 49.5 Å². The lowest BCUT2D eigenvalue weighted by atomic mass is 9.88. The number of fused-ring (bicyclic) bond motifs is 1. The van der Waals surface area contributed by atoms with Crippen molar-refractivity contribution in [3.05, 3.63) is 35.4 Å². The summed E-state index contributed by atoms with van der Waals surface area (Å²) in [6, 6.07) is 8.94. The fourth-order valence-corrected chi connectivity index (χ4v) is 4.52. The van der Waals surface area contributed by atoms with Crippen molar-refractivity contribution in [3.63, 3.8) is 0 Å². The van der Waals surface area contributed by atoms with E-state index in [4.69, 9.17) is 4.74 Å². The lowest BCUT2D eigenvalue weighted by molar-refractivity contribution is 0.0771. The Morgan fingerprint density at radius 3 is 2.75 bits per heavy atom. The molecule has 0 saturated carbocycles. The van der Waals surface area contributed by atoms with Gasteiger partial charge in [0, 0.05) is 37.6 Å². The molecule has 1 heterocycles. The summed E-state index contributed by atoms with van der Waals surface area (Å²) >= 11 is 1.86. The first-order valence-electron chi connectivity index (χ1n) is 8.84. The summed E-state index contributed by atoms with van der Waals surface area (Å²) in [7, 11) is 1.93. The first kappa shape index (κ1) is 17.6. The molecule has 1 atom stereocenters. The number of hydrogen-bond donors (Lipinski definition) is 1. The van der Waals surface area contributed by atoms with E-state index < -0.39 is 0 Å². The molecule has 0 spiro atoms. The van der Waals surface area contributed by atoms with Gasteiger partial charge in [-0.3, -0.25) is 0 Å². The Bertz CT molecular complexity index is 572. The second-order valence-corrected chi connectivity index (χ2v) is 8.21. The molecule has 2 aliphatic rings. The zero-order valence-corrected chi connectivity index (χ0v) is 15.5. The third-order valence-electron chi connectivity index (χ3n) is 5.59. The Labute approximate surface area is 149 Å². The number of carbonyl (C=O) groups is 1. The van der Waals surface area contributed by atoms with Gasteiger partial charge in [-0.15, -0.1) is 0 Å². The molecule has 5 heteroatoms. The van der Waals surface area contributed by atoms with Gasteiger partial charge < -0.3 is 15.0 Å². The van der Waals surface area contributed by atoms with Crippen LogP contribution >= 0.6 is 11.8 Å². The molecule has 1 N–H and O–H groups in total. The summed E-state index contributed by atoms with van der Waals surface area (Å²) in [5, 5.41) is 3.18. The van der Waals surface area contributed by atoms with Crippen LogP contribution < -0.4 is 5.32 Å². The molecule has 1 aliphatic carbocycles. The van der Waals surface area contributed by atoms with E-state index in [9.17, 15) is 4.79 Å². The molecule has 1 aromatic carbocycles. The van der Waals surface area contributed by atoms with Crippen LogP contribution in [0.2, 0.25) is 0 Å². The maximum Gasteiger partial charge on any atom is 0.317 e. The highest BCUT2D eigenvalue weighted by atomic mass is 32.2. The van der Waals surface area contributed by atoms with E-state index in [2.05, 4.69) is 35.8 Å². The molecule has 1 aromatic rings. The van der Waals surface area contributed by atoms with Crippen LogP contribution in [0.3, 0.4) is 0 Å². The second-order valence-electron chi connectivity index (χ2n) is 6.93. The van der Waals surface area contributed by atoms with Crippen LogP contribution in [-0.4, -0.2) is 54.8 Å². The number of thioether (sulfide) groups is 1. The van der Waals surface area contributed by atoms with E-state index in [1.807, 2.05) is 23.7 Å². The van der Waals surface area contributed by atoms with Crippen molar-refractivity contribution in [3.8, 4) is 0 Å². The summed E-state index contributed by atoms with van der Waals surface area (Å²) in [5.74, 6) is 0. The maximum atomic E-state index is 12.6. The highest BCUT2D eigenvalue weighted by molar-refractivity contribution is 8.00. The third-order valence-corrected chi connectivity index (χ3v) is 7.01. The number of hydrogen-bond acceptors (Lipinski definition) is 3. The van der Waals surface area contributed by atoms with Crippen molar-refractivity contribution in [2.75, 3.05) is 33.1 Å². The van der Waals surface area contributed by atoms with Gasteiger partial charge in [0.15, 0.2) is 0 Å². The SMILES string of the molecule is CSC1(CNC(=O)N(C)[C@@H]2CCc3ccccc3C2)CCOCC1. The van der Waals surface area contributed by atoms with Gasteiger partial charge in [0.05, 0.1) is 0 Å². The third kappa shape index (κ3) is 3.89. The van der Waals surface area contributed by atoms with Gasteiger partial charge in [0.2, 0.25) is 0 Å². The summed E-state index contributed by atoms with van der Waals surface area (Å²) in [5.41, 5.74) is 2.82. The van der Waals surface area contributed by atoms with Gasteiger partial charge in [0.25, 0.3) is 0 Å². The number of ether oxygens (including phenoxy) is 1. The Morgan fingerprint density at radius 2 is 2.04 bits per heavy atom.